The lowest BCUT2D eigenvalue weighted by Gasteiger charge is -2.15. The highest BCUT2D eigenvalue weighted by Gasteiger charge is 2.37. The summed E-state index contributed by atoms with van der Waals surface area (Å²) in [5.74, 6) is -1.38. The van der Waals surface area contributed by atoms with Gasteiger partial charge in [-0.05, 0) is 32.4 Å². The van der Waals surface area contributed by atoms with Crippen molar-refractivity contribution in [2.75, 3.05) is 5.32 Å². The van der Waals surface area contributed by atoms with Crippen LogP contribution in [-0.2, 0) is 17.1 Å². The molecule has 1 aliphatic rings. The summed E-state index contributed by atoms with van der Waals surface area (Å²) in [7, 11) is 0. The molecule has 1 aliphatic heterocycles. The highest BCUT2D eigenvalue weighted by molar-refractivity contribution is 14.2. The zero-order valence-corrected chi connectivity index (χ0v) is 13.6. The first-order valence-corrected chi connectivity index (χ1v) is 8.63. The van der Waals surface area contributed by atoms with Gasteiger partial charge in [-0.25, -0.2) is 0 Å². The molecule has 24 heavy (non-hydrogen) atoms. The lowest BCUT2D eigenvalue weighted by Crippen LogP contribution is -2.19. The third-order valence-electron chi connectivity index (χ3n) is 2.83. The molecular formula is C14H8F6INO2. The van der Waals surface area contributed by atoms with Crippen LogP contribution in [-0.4, -0.2) is 15.0 Å². The van der Waals surface area contributed by atoms with E-state index in [-0.39, 0.29) is 11.6 Å². The SMILES string of the molecule is O=C(Nc1cc(C(F)(F)F)cc(C(F)(F)F)c1)C1=C(O)C=CI=C1. The predicted molar refractivity (Wildman–Crippen MR) is 84.0 cm³/mol. The molecule has 10 heteroatoms. The monoisotopic (exact) mass is 463 g/mol. The number of allylic oxidation sites excluding steroid dienone is 1. The second-order valence-electron chi connectivity index (χ2n) is 4.58. The highest BCUT2D eigenvalue weighted by Crippen LogP contribution is 2.37. The quantitative estimate of drug-likeness (QED) is 0.491. The summed E-state index contributed by atoms with van der Waals surface area (Å²) in [6.45, 7) is 0. The second-order valence-corrected chi connectivity index (χ2v) is 6.64. The zero-order chi connectivity index (χ0) is 18.1. The standard InChI is InChI=1S/C14H8F6INO2/c15-13(16,17)7-3-8(14(18,19)20)5-9(4-7)22-12(24)10-6-21-2-1-11(10)23/h1-6,23H,(H,22,24). The molecule has 2 N–H and O–H groups in total. The molecule has 0 bridgehead atoms. The summed E-state index contributed by atoms with van der Waals surface area (Å²) >= 11 is -0.657. The summed E-state index contributed by atoms with van der Waals surface area (Å²) in [4.78, 5) is 12.0. The van der Waals surface area contributed by atoms with Crippen LogP contribution in [0.1, 0.15) is 11.1 Å². The van der Waals surface area contributed by atoms with Gasteiger partial charge in [0.15, 0.2) is 0 Å². The Kier molecular flexibility index (Phi) is 5.06. The molecule has 0 aromatic heterocycles. The van der Waals surface area contributed by atoms with E-state index < -0.39 is 61.6 Å². The van der Waals surface area contributed by atoms with E-state index in [1.54, 1.807) is 4.08 Å². The van der Waals surface area contributed by atoms with Gasteiger partial charge in [0.1, 0.15) is 5.76 Å². The van der Waals surface area contributed by atoms with Crippen molar-refractivity contribution in [2.45, 2.75) is 12.4 Å². The minimum absolute atomic E-state index is 0.0344. The third kappa shape index (κ3) is 4.36. The Hall–Kier alpha value is -1.85. The molecule has 130 valence electrons. The topological polar surface area (TPSA) is 49.3 Å². The van der Waals surface area contributed by atoms with E-state index in [4.69, 9.17) is 0 Å². The normalized spacial score (nSPS) is 15.2. The number of rotatable bonds is 2. The fourth-order valence-corrected chi connectivity index (χ4v) is 3.45. The lowest BCUT2D eigenvalue weighted by atomic mass is 10.1. The molecule has 1 aromatic carbocycles. The first-order chi connectivity index (χ1) is 11.0. The molecule has 3 nitrogen and oxygen atoms in total. The molecule has 0 aliphatic carbocycles. The molecule has 0 atom stereocenters. The molecule has 2 rings (SSSR count). The molecule has 0 spiro atoms. The number of carbonyl (C=O) groups excluding carboxylic acids is 1. The third-order valence-corrected chi connectivity index (χ3v) is 4.59. The maximum Gasteiger partial charge on any atom is 0.416 e. The van der Waals surface area contributed by atoms with Gasteiger partial charge in [-0.15, -0.1) is 0 Å². The number of benzene rings is 1. The van der Waals surface area contributed by atoms with E-state index in [0.717, 1.165) is 0 Å². The average molecular weight is 463 g/mol. The number of aliphatic hydroxyl groups excluding tert-OH is 1. The van der Waals surface area contributed by atoms with E-state index in [1.165, 1.54) is 10.1 Å². The van der Waals surface area contributed by atoms with Crippen LogP contribution >= 0.6 is 20.7 Å². The number of halogens is 7. The number of alkyl halides is 6. The largest absolute Gasteiger partial charge is 0.507 e. The molecule has 0 radical (unpaired) electrons. The Morgan fingerprint density at radius 1 is 1.00 bits per heavy atom. The average Bonchev–Trinajstić information content (AvgIpc) is 2.45. The van der Waals surface area contributed by atoms with Gasteiger partial charge in [-0.1, -0.05) is 20.7 Å². The summed E-state index contributed by atoms with van der Waals surface area (Å²) in [6, 6.07) is 0.768. The Bertz CT molecular complexity index is 729. The van der Waals surface area contributed by atoms with E-state index in [2.05, 4.69) is 0 Å². The molecule has 1 amide bonds. The van der Waals surface area contributed by atoms with Crippen molar-refractivity contribution in [3.05, 3.63) is 50.8 Å². The van der Waals surface area contributed by atoms with Crippen LogP contribution in [0.3, 0.4) is 0 Å². The Labute approximate surface area is 141 Å². The number of anilines is 1. The molecule has 0 unspecified atom stereocenters. The zero-order valence-electron chi connectivity index (χ0n) is 11.5. The first-order valence-electron chi connectivity index (χ1n) is 6.14. The van der Waals surface area contributed by atoms with Crippen LogP contribution in [0.2, 0.25) is 0 Å². The Morgan fingerprint density at radius 2 is 1.54 bits per heavy atom. The number of amides is 1. The van der Waals surface area contributed by atoms with E-state index in [1.807, 2.05) is 5.32 Å². The minimum Gasteiger partial charge on any atom is -0.507 e. The highest BCUT2D eigenvalue weighted by atomic mass is 127. The van der Waals surface area contributed by atoms with Crippen molar-refractivity contribution in [3.63, 3.8) is 0 Å². The maximum atomic E-state index is 12.7. The number of carbonyl (C=O) groups is 1. The number of nitrogens with one attached hydrogen (secondary N) is 1. The van der Waals surface area contributed by atoms with Gasteiger partial charge in [0, 0.05) is 5.69 Å². The van der Waals surface area contributed by atoms with Crippen molar-refractivity contribution >= 4 is 36.3 Å². The fraction of sp³-hybridized carbons (Fsp3) is 0.143. The molecule has 1 heterocycles. The predicted octanol–water partition coefficient (Wildman–Crippen LogP) is 4.78. The van der Waals surface area contributed by atoms with Crippen molar-refractivity contribution in [1.82, 2.24) is 0 Å². The molecular weight excluding hydrogens is 455 g/mol. The number of aliphatic hydroxyl groups is 1. The second kappa shape index (κ2) is 6.57. The number of hydrogen-bond donors (Lipinski definition) is 2. The number of hydrogen-bond acceptors (Lipinski definition) is 2. The summed E-state index contributed by atoms with van der Waals surface area (Å²) in [5, 5.41) is 11.5. The molecule has 0 fully saturated rings. The van der Waals surface area contributed by atoms with Gasteiger partial charge in [0.2, 0.25) is 0 Å². The summed E-state index contributed by atoms with van der Waals surface area (Å²) < 4.78 is 79.5. The van der Waals surface area contributed by atoms with Gasteiger partial charge in [0.25, 0.3) is 5.91 Å². The van der Waals surface area contributed by atoms with Gasteiger partial charge in [-0.2, -0.15) is 26.3 Å². The van der Waals surface area contributed by atoms with Crippen molar-refractivity contribution in [3.8, 4) is 0 Å². The minimum atomic E-state index is -5.01. The Morgan fingerprint density at radius 3 is 2.00 bits per heavy atom. The van der Waals surface area contributed by atoms with Gasteiger partial charge in [0.05, 0.1) is 16.7 Å². The molecule has 1 aromatic rings. The van der Waals surface area contributed by atoms with Crippen molar-refractivity contribution < 1.29 is 36.2 Å². The summed E-state index contributed by atoms with van der Waals surface area (Å²) in [6.07, 6.45) is -8.75. The first kappa shape index (κ1) is 18.5. The van der Waals surface area contributed by atoms with Crippen LogP contribution in [0.25, 0.3) is 0 Å². The van der Waals surface area contributed by atoms with Crippen LogP contribution in [0.15, 0.2) is 39.7 Å². The Balaban J connectivity index is 2.41. The smallest absolute Gasteiger partial charge is 0.416 e. The van der Waals surface area contributed by atoms with Gasteiger partial charge >= 0.3 is 12.4 Å². The van der Waals surface area contributed by atoms with E-state index in [9.17, 15) is 36.2 Å². The van der Waals surface area contributed by atoms with Crippen LogP contribution < -0.4 is 5.32 Å². The van der Waals surface area contributed by atoms with Crippen molar-refractivity contribution in [1.29, 1.82) is 0 Å². The van der Waals surface area contributed by atoms with Gasteiger partial charge in [-0.3, -0.25) is 4.79 Å². The fourth-order valence-electron chi connectivity index (χ4n) is 1.73. The molecule has 0 saturated heterocycles. The van der Waals surface area contributed by atoms with Crippen LogP contribution in [0, 0.1) is 0 Å². The van der Waals surface area contributed by atoms with E-state index in [0.29, 0.717) is 12.1 Å². The molecule has 0 saturated carbocycles. The van der Waals surface area contributed by atoms with Crippen LogP contribution in [0.4, 0.5) is 32.0 Å². The van der Waals surface area contributed by atoms with Crippen molar-refractivity contribution in [2.24, 2.45) is 0 Å². The van der Waals surface area contributed by atoms with E-state index >= 15 is 0 Å². The van der Waals surface area contributed by atoms with Gasteiger partial charge < -0.3 is 10.4 Å². The summed E-state index contributed by atoms with van der Waals surface area (Å²) in [5.41, 5.74) is -3.92. The maximum absolute atomic E-state index is 12.7. The van der Waals surface area contributed by atoms with Crippen LogP contribution in [0.5, 0.6) is 0 Å². The lowest BCUT2D eigenvalue weighted by molar-refractivity contribution is -0.143.